The van der Waals surface area contributed by atoms with Crippen molar-refractivity contribution in [2.45, 2.75) is 67.0 Å². The molecule has 0 aliphatic rings. The van der Waals surface area contributed by atoms with Crippen molar-refractivity contribution in [2.24, 2.45) is 46.3 Å². The first-order chi connectivity index (χ1) is 35.6. The van der Waals surface area contributed by atoms with E-state index in [-0.39, 0.29) is 61.2 Å². The lowest BCUT2D eigenvalue weighted by Crippen LogP contribution is -2.11. The molecule has 6 aromatic carbocycles. The number of benzene rings is 6. The van der Waals surface area contributed by atoms with Crippen LogP contribution in [-0.4, -0.2) is 66.8 Å². The van der Waals surface area contributed by atoms with Crippen LogP contribution in [0.3, 0.4) is 0 Å². The lowest BCUT2D eigenvalue weighted by molar-refractivity contribution is 0.374. The number of aryl methyl sites for hydroxylation is 3. The number of hydrogen-bond acceptors (Lipinski definition) is 21. The number of nitrogens with zero attached hydrogens (tertiary/aromatic N) is 11. The quantitative estimate of drug-likeness (QED) is 0.0343. The topological polar surface area (TPSA) is 379 Å². The smallest absolute Gasteiger partial charge is 0.296 e. The molecule has 0 unspecified atom stereocenters. The van der Waals surface area contributed by atoms with Gasteiger partial charge < -0.3 is 10.6 Å². The fraction of sp³-hybridized carbons (Fsp3) is 0.170. The van der Waals surface area contributed by atoms with Crippen molar-refractivity contribution < 1.29 is 51.9 Å². The second-order valence-corrected chi connectivity index (χ2v) is 23.3. The molecule has 1 aromatic heterocycles. The van der Waals surface area contributed by atoms with Crippen LogP contribution in [0.5, 0.6) is 0 Å². The Morgan fingerprint density at radius 1 is 0.421 bits per heavy atom. The number of azo groups is 4. The summed E-state index contributed by atoms with van der Waals surface area (Å²) < 4.78 is 133. The molecular formula is C47H45N13O12S4. The van der Waals surface area contributed by atoms with E-state index in [0.717, 1.165) is 42.8 Å². The molecule has 25 nitrogen and oxygen atoms in total. The Balaban J connectivity index is 1.06. The van der Waals surface area contributed by atoms with Gasteiger partial charge in [-0.25, -0.2) is 0 Å². The Morgan fingerprint density at radius 3 is 1.11 bits per heavy atom. The Kier molecular flexibility index (Phi) is 16.4. The molecule has 6 N–H and O–H groups in total. The molecule has 0 amide bonds. The first-order valence-corrected chi connectivity index (χ1v) is 27.9. The summed E-state index contributed by atoms with van der Waals surface area (Å²) in [6, 6.07) is 27.0. The molecule has 0 fully saturated rings. The van der Waals surface area contributed by atoms with Gasteiger partial charge in [-0.1, -0.05) is 20.8 Å². The van der Waals surface area contributed by atoms with Crippen LogP contribution in [0.25, 0.3) is 0 Å². The van der Waals surface area contributed by atoms with E-state index < -0.39 is 50.3 Å². The number of aromatic nitrogens is 3. The van der Waals surface area contributed by atoms with E-state index in [9.17, 15) is 51.9 Å². The van der Waals surface area contributed by atoms with E-state index in [2.05, 4.69) is 87.3 Å². The molecule has 29 heteroatoms. The molecule has 76 heavy (non-hydrogen) atoms. The number of nitrogens with one attached hydrogen (secondary N) is 2. The zero-order chi connectivity index (χ0) is 55.2. The largest absolute Gasteiger partial charge is 0.324 e. The maximum Gasteiger partial charge on any atom is 0.296 e. The van der Waals surface area contributed by atoms with Gasteiger partial charge in [-0.2, -0.15) is 79.3 Å². The van der Waals surface area contributed by atoms with Crippen molar-refractivity contribution in [3.05, 3.63) is 138 Å². The van der Waals surface area contributed by atoms with Gasteiger partial charge in [0.15, 0.2) is 0 Å². The SMILES string of the molecule is Cc1cc(Nc2nc(CCC(C)(C)C)nc(Nc3ccc(N=Nc4ccc(N=Nc5ccc(S(=O)(=O)O)cc5)cc4S(=O)(=O)O)c(C)c3)n2)ccc1N=Nc1ccc(N=Nc2ccc(S(=O)(=O)O)cc2)cc1S(=O)(=O)O. The molecule has 0 saturated carbocycles. The van der Waals surface area contributed by atoms with Gasteiger partial charge in [0.05, 0.1) is 43.9 Å². The minimum absolute atomic E-state index is 0.0158. The summed E-state index contributed by atoms with van der Waals surface area (Å²) in [5.74, 6) is 0.907. The van der Waals surface area contributed by atoms with Gasteiger partial charge in [-0.3, -0.25) is 18.2 Å². The van der Waals surface area contributed by atoms with Crippen LogP contribution >= 0.6 is 0 Å². The van der Waals surface area contributed by atoms with Crippen LogP contribution in [0.1, 0.15) is 44.1 Å². The fourth-order valence-corrected chi connectivity index (χ4v) is 8.85. The first-order valence-electron chi connectivity index (χ1n) is 22.1. The standard InChI is InChI=1S/C47H45N13O12S4/c1-28-24-32(10-18-38(28)57-59-40-20-12-34(26-42(40)75(67,68)69)55-53-30-6-14-36(15-7-30)73(61,62)63)48-45-50-44(22-23-47(3,4)5)51-46(52-45)49-33-11-19-39(29(2)25-33)58-60-41-21-13-35(27-43(41)76(70,71)72)56-54-31-8-16-37(17-9-31)74(64,65)66/h6-21,24-27H,22-23H2,1-5H3,(H,61,62,63)(H,64,65,66)(H,67,68,69)(H,70,71,72)(H2,48,49,50,51,52). The van der Waals surface area contributed by atoms with Gasteiger partial charge in [0.2, 0.25) is 11.9 Å². The van der Waals surface area contributed by atoms with Crippen LogP contribution in [0.2, 0.25) is 0 Å². The summed E-state index contributed by atoms with van der Waals surface area (Å²) in [4.78, 5) is 12.0. The zero-order valence-electron chi connectivity index (χ0n) is 40.6. The number of rotatable bonds is 18. The molecule has 0 saturated heterocycles. The Hall–Kier alpha value is -8.03. The summed E-state index contributed by atoms with van der Waals surface area (Å²) in [6.45, 7) is 9.77. The van der Waals surface area contributed by atoms with Crippen LogP contribution in [0.4, 0.5) is 68.8 Å². The third kappa shape index (κ3) is 15.5. The van der Waals surface area contributed by atoms with E-state index in [1.807, 2.05) is 0 Å². The van der Waals surface area contributed by atoms with E-state index in [1.54, 1.807) is 50.2 Å². The van der Waals surface area contributed by atoms with E-state index in [4.69, 9.17) is 0 Å². The fourth-order valence-electron chi connectivity index (χ4n) is 6.60. The summed E-state index contributed by atoms with van der Waals surface area (Å²) in [5.41, 5.74) is 3.03. The second-order valence-electron chi connectivity index (χ2n) is 17.7. The second kappa shape index (κ2) is 22.4. The molecule has 0 bridgehead atoms. The van der Waals surface area contributed by atoms with Crippen LogP contribution < -0.4 is 10.6 Å². The summed E-state index contributed by atoms with van der Waals surface area (Å²) in [7, 11) is -18.5. The third-order valence-corrected chi connectivity index (χ3v) is 14.0. The first kappa shape index (κ1) is 55.7. The molecule has 7 aromatic rings. The minimum atomic E-state index is -4.82. The van der Waals surface area contributed by atoms with Gasteiger partial charge >= 0.3 is 0 Å². The van der Waals surface area contributed by atoms with Crippen molar-refractivity contribution in [3.8, 4) is 0 Å². The molecule has 0 atom stereocenters. The van der Waals surface area contributed by atoms with Gasteiger partial charge in [-0.15, -0.1) is 10.2 Å². The normalized spacial score (nSPS) is 12.9. The monoisotopic (exact) mass is 1110 g/mol. The highest BCUT2D eigenvalue weighted by molar-refractivity contribution is 7.86. The molecule has 0 aliphatic heterocycles. The van der Waals surface area contributed by atoms with Crippen LogP contribution in [0, 0.1) is 19.3 Å². The number of anilines is 4. The molecule has 0 aliphatic carbocycles. The van der Waals surface area contributed by atoms with Crippen molar-refractivity contribution in [1.82, 2.24) is 15.0 Å². The van der Waals surface area contributed by atoms with E-state index in [1.165, 1.54) is 48.5 Å². The predicted molar refractivity (Wildman–Crippen MR) is 278 cm³/mol. The highest BCUT2D eigenvalue weighted by Crippen LogP contribution is 2.35. The van der Waals surface area contributed by atoms with Gasteiger partial charge in [0, 0.05) is 17.8 Å². The minimum Gasteiger partial charge on any atom is -0.324 e. The highest BCUT2D eigenvalue weighted by atomic mass is 32.2. The maximum absolute atomic E-state index is 12.4. The molecule has 7 rings (SSSR count). The number of hydrogen-bond donors (Lipinski definition) is 6. The molecule has 394 valence electrons. The third-order valence-electron chi connectivity index (χ3n) is 10.5. The summed E-state index contributed by atoms with van der Waals surface area (Å²) in [6.07, 6.45) is 1.26. The average molecular weight is 1110 g/mol. The Bertz CT molecular complexity index is 3700. The molecular weight excluding hydrogens is 1070 g/mol. The lowest BCUT2D eigenvalue weighted by Gasteiger charge is -2.17. The van der Waals surface area contributed by atoms with Crippen molar-refractivity contribution >= 4 is 109 Å². The van der Waals surface area contributed by atoms with E-state index in [0.29, 0.717) is 46.1 Å². The Labute approximate surface area is 436 Å². The van der Waals surface area contributed by atoms with Crippen molar-refractivity contribution in [1.29, 1.82) is 0 Å². The van der Waals surface area contributed by atoms with E-state index >= 15 is 0 Å². The lowest BCUT2D eigenvalue weighted by atomic mass is 9.90. The average Bonchev–Trinajstić information content (AvgIpc) is 3.33. The van der Waals surface area contributed by atoms with Crippen LogP contribution in [-0.2, 0) is 46.9 Å². The summed E-state index contributed by atoms with van der Waals surface area (Å²) >= 11 is 0. The Morgan fingerprint density at radius 2 is 0.763 bits per heavy atom. The van der Waals surface area contributed by atoms with Gasteiger partial charge in [0.25, 0.3) is 40.5 Å². The summed E-state index contributed by atoms with van der Waals surface area (Å²) in [5, 5.41) is 38.8. The van der Waals surface area contributed by atoms with Gasteiger partial charge in [0.1, 0.15) is 27.0 Å². The molecule has 0 radical (unpaired) electrons. The highest BCUT2D eigenvalue weighted by Gasteiger charge is 2.20. The van der Waals surface area contributed by atoms with Gasteiger partial charge in [-0.05, 0) is 158 Å². The predicted octanol–water partition coefficient (Wildman–Crippen LogP) is 12.6. The zero-order valence-corrected chi connectivity index (χ0v) is 43.8. The van der Waals surface area contributed by atoms with Crippen molar-refractivity contribution in [3.63, 3.8) is 0 Å². The van der Waals surface area contributed by atoms with Crippen molar-refractivity contribution in [2.75, 3.05) is 10.6 Å². The van der Waals surface area contributed by atoms with Crippen LogP contribution in [0.15, 0.2) is 182 Å². The molecule has 0 spiro atoms. The maximum atomic E-state index is 12.4. The molecule has 1 heterocycles.